The predicted molar refractivity (Wildman–Crippen MR) is 101 cm³/mol. The van der Waals surface area contributed by atoms with E-state index in [0.717, 1.165) is 36.8 Å². The van der Waals surface area contributed by atoms with Crippen molar-refractivity contribution in [3.8, 4) is 0 Å². The fraction of sp³-hybridized carbons (Fsp3) is 0.682. The van der Waals surface area contributed by atoms with E-state index in [2.05, 4.69) is 6.92 Å². The van der Waals surface area contributed by atoms with Crippen LogP contribution in [0.2, 0.25) is 0 Å². The predicted octanol–water partition coefficient (Wildman–Crippen LogP) is 3.46. The van der Waals surface area contributed by atoms with Gasteiger partial charge in [-0.1, -0.05) is 18.1 Å². The topological polar surface area (TPSA) is 91.7 Å². The fourth-order valence-corrected chi connectivity index (χ4v) is 6.32. The van der Waals surface area contributed by atoms with E-state index < -0.39 is 17.5 Å². The minimum Gasteiger partial charge on any atom is -0.481 e. The SMILES string of the molecule is CC(=O)C1CCC2C3=CC(=O)C(C(C)O)=C(C)C3(CCC(=O)O)CCC12C. The van der Waals surface area contributed by atoms with Crippen molar-refractivity contribution < 1.29 is 24.6 Å². The molecule has 0 spiro atoms. The molecule has 3 aliphatic rings. The van der Waals surface area contributed by atoms with Gasteiger partial charge in [0.2, 0.25) is 0 Å². The number of aliphatic carboxylic acids is 1. The second kappa shape index (κ2) is 6.69. The highest BCUT2D eigenvalue weighted by atomic mass is 16.4. The van der Waals surface area contributed by atoms with Gasteiger partial charge in [-0.25, -0.2) is 0 Å². The van der Waals surface area contributed by atoms with E-state index in [1.165, 1.54) is 0 Å². The number of hydrogen-bond donors (Lipinski definition) is 2. The molecule has 3 rings (SSSR count). The zero-order valence-corrected chi connectivity index (χ0v) is 16.7. The standard InChI is InChI=1S/C22H30O5/c1-12-20(14(3)24)18(25)11-17-16-6-5-15(13(2)23)21(16,4)9-10-22(12,17)8-7-19(26)27/h11,14-16,24H,5-10H2,1-4H3,(H,26,27). The number of aliphatic hydroxyl groups excluding tert-OH is 1. The number of carbonyl (C=O) groups excluding carboxylic acids is 2. The van der Waals surface area contributed by atoms with E-state index in [0.29, 0.717) is 12.0 Å². The first kappa shape index (κ1) is 20.0. The van der Waals surface area contributed by atoms with Crippen LogP contribution in [0.15, 0.2) is 22.8 Å². The Hall–Kier alpha value is -1.75. The third kappa shape index (κ3) is 2.91. The molecular formula is C22H30O5. The van der Waals surface area contributed by atoms with E-state index in [1.54, 1.807) is 19.9 Å². The van der Waals surface area contributed by atoms with Crippen molar-refractivity contribution >= 4 is 17.5 Å². The van der Waals surface area contributed by atoms with Crippen LogP contribution in [0.4, 0.5) is 0 Å². The third-order valence-electron chi connectivity index (χ3n) is 7.70. The van der Waals surface area contributed by atoms with Gasteiger partial charge in [-0.15, -0.1) is 0 Å². The van der Waals surface area contributed by atoms with E-state index >= 15 is 0 Å². The summed E-state index contributed by atoms with van der Waals surface area (Å²) in [7, 11) is 0. The Kier molecular flexibility index (Phi) is 4.96. The summed E-state index contributed by atoms with van der Waals surface area (Å²) in [4.78, 5) is 36.4. The van der Waals surface area contributed by atoms with Crippen molar-refractivity contribution in [1.29, 1.82) is 0 Å². The van der Waals surface area contributed by atoms with E-state index in [1.807, 2.05) is 6.92 Å². The fourth-order valence-electron chi connectivity index (χ4n) is 6.32. The van der Waals surface area contributed by atoms with Crippen LogP contribution in [0.5, 0.6) is 0 Å². The number of carboxylic acids is 1. The van der Waals surface area contributed by atoms with Gasteiger partial charge in [-0.05, 0) is 70.3 Å². The molecule has 0 bridgehead atoms. The molecule has 2 saturated carbocycles. The second-order valence-corrected chi connectivity index (χ2v) is 8.95. The van der Waals surface area contributed by atoms with Crippen molar-refractivity contribution in [3.05, 3.63) is 22.8 Å². The smallest absolute Gasteiger partial charge is 0.303 e. The number of hydrogen-bond acceptors (Lipinski definition) is 4. The van der Waals surface area contributed by atoms with Gasteiger partial charge in [-0.2, -0.15) is 0 Å². The molecule has 2 N–H and O–H groups in total. The Morgan fingerprint density at radius 3 is 2.52 bits per heavy atom. The highest BCUT2D eigenvalue weighted by molar-refractivity contribution is 6.07. The average Bonchev–Trinajstić information content (AvgIpc) is 2.91. The van der Waals surface area contributed by atoms with Crippen molar-refractivity contribution in [2.75, 3.05) is 0 Å². The number of carbonyl (C=O) groups is 3. The molecule has 0 aromatic rings. The highest BCUT2D eigenvalue weighted by Gasteiger charge is 2.58. The maximum atomic E-state index is 12.8. The van der Waals surface area contributed by atoms with Gasteiger partial charge in [-0.3, -0.25) is 14.4 Å². The second-order valence-electron chi connectivity index (χ2n) is 8.95. The molecule has 2 fully saturated rings. The lowest BCUT2D eigenvalue weighted by Crippen LogP contribution is -2.47. The zero-order valence-electron chi connectivity index (χ0n) is 16.7. The molecule has 0 saturated heterocycles. The van der Waals surface area contributed by atoms with Gasteiger partial charge >= 0.3 is 5.97 Å². The molecule has 0 aromatic carbocycles. The molecule has 0 amide bonds. The minimum absolute atomic E-state index is 0.00146. The van der Waals surface area contributed by atoms with Gasteiger partial charge < -0.3 is 10.2 Å². The summed E-state index contributed by atoms with van der Waals surface area (Å²) in [5.74, 6) is -0.702. The number of Topliss-reactive ketones (excluding diaryl/α,β-unsaturated/α-hetero) is 1. The number of allylic oxidation sites excluding steroid dienone is 3. The summed E-state index contributed by atoms with van der Waals surface area (Å²) in [6.07, 6.45) is 4.47. The lowest BCUT2D eigenvalue weighted by Gasteiger charge is -2.53. The van der Waals surface area contributed by atoms with Crippen molar-refractivity contribution in [3.63, 3.8) is 0 Å². The number of ketones is 2. The molecule has 0 heterocycles. The molecule has 5 nitrogen and oxygen atoms in total. The maximum Gasteiger partial charge on any atom is 0.303 e. The molecular weight excluding hydrogens is 344 g/mol. The molecule has 0 aliphatic heterocycles. The Morgan fingerprint density at radius 1 is 1.30 bits per heavy atom. The lowest BCUT2D eigenvalue weighted by molar-refractivity contribution is -0.137. The monoisotopic (exact) mass is 374 g/mol. The molecule has 5 unspecified atom stereocenters. The zero-order chi connectivity index (χ0) is 20.1. The number of rotatable bonds is 5. The van der Waals surface area contributed by atoms with Crippen LogP contribution in [0, 0.1) is 22.7 Å². The Morgan fingerprint density at radius 2 is 1.96 bits per heavy atom. The van der Waals surface area contributed by atoms with Gasteiger partial charge in [0.15, 0.2) is 5.78 Å². The quantitative estimate of drug-likeness (QED) is 0.769. The maximum absolute atomic E-state index is 12.8. The van der Waals surface area contributed by atoms with Crippen LogP contribution in [-0.2, 0) is 14.4 Å². The van der Waals surface area contributed by atoms with E-state index in [-0.39, 0.29) is 35.2 Å². The van der Waals surface area contributed by atoms with Crippen LogP contribution in [0.3, 0.4) is 0 Å². The Balaban J connectivity index is 2.12. The molecule has 5 atom stereocenters. The summed E-state index contributed by atoms with van der Waals surface area (Å²) in [5, 5.41) is 19.5. The van der Waals surface area contributed by atoms with Crippen LogP contribution >= 0.6 is 0 Å². The summed E-state index contributed by atoms with van der Waals surface area (Å²) >= 11 is 0. The van der Waals surface area contributed by atoms with Crippen molar-refractivity contribution in [2.24, 2.45) is 22.7 Å². The number of aliphatic hydroxyl groups is 1. The molecule has 148 valence electrons. The minimum atomic E-state index is -0.876. The Bertz CT molecular complexity index is 759. The van der Waals surface area contributed by atoms with Gasteiger partial charge in [0.1, 0.15) is 5.78 Å². The first-order chi connectivity index (χ1) is 12.5. The summed E-state index contributed by atoms with van der Waals surface area (Å²) < 4.78 is 0. The number of fused-ring (bicyclic) bond motifs is 3. The van der Waals surface area contributed by atoms with Gasteiger partial charge in [0.25, 0.3) is 0 Å². The molecule has 3 aliphatic carbocycles. The normalized spacial score (nSPS) is 36.8. The van der Waals surface area contributed by atoms with Gasteiger partial charge in [0, 0.05) is 23.3 Å². The lowest BCUT2D eigenvalue weighted by atomic mass is 9.50. The molecule has 0 radical (unpaired) electrons. The molecule has 27 heavy (non-hydrogen) atoms. The van der Waals surface area contributed by atoms with Crippen molar-refractivity contribution in [1.82, 2.24) is 0 Å². The third-order valence-corrected chi connectivity index (χ3v) is 7.70. The largest absolute Gasteiger partial charge is 0.481 e. The van der Waals surface area contributed by atoms with E-state index in [4.69, 9.17) is 0 Å². The van der Waals surface area contributed by atoms with Crippen LogP contribution in [0.1, 0.15) is 66.2 Å². The summed E-state index contributed by atoms with van der Waals surface area (Å²) in [6.45, 7) is 7.29. The van der Waals surface area contributed by atoms with Gasteiger partial charge in [0.05, 0.1) is 6.10 Å². The number of carboxylic acid groups (broad SMARTS) is 1. The van der Waals surface area contributed by atoms with Crippen LogP contribution < -0.4 is 0 Å². The first-order valence-corrected chi connectivity index (χ1v) is 9.92. The summed E-state index contributed by atoms with van der Waals surface area (Å²) in [5.41, 5.74) is 1.58. The van der Waals surface area contributed by atoms with Crippen LogP contribution in [0.25, 0.3) is 0 Å². The van der Waals surface area contributed by atoms with Crippen LogP contribution in [-0.4, -0.2) is 33.9 Å². The summed E-state index contributed by atoms with van der Waals surface area (Å²) in [6, 6.07) is 0. The average molecular weight is 374 g/mol. The highest BCUT2D eigenvalue weighted by Crippen LogP contribution is 2.66. The molecule has 5 heteroatoms. The Labute approximate surface area is 160 Å². The van der Waals surface area contributed by atoms with E-state index in [9.17, 15) is 24.6 Å². The van der Waals surface area contributed by atoms with Crippen molar-refractivity contribution in [2.45, 2.75) is 72.3 Å². The molecule has 0 aromatic heterocycles. The first-order valence-electron chi connectivity index (χ1n) is 9.92.